The zero-order valence-electron chi connectivity index (χ0n) is 15.6. The summed E-state index contributed by atoms with van der Waals surface area (Å²) in [5, 5.41) is 3.55. The number of hydrogen-bond acceptors (Lipinski definition) is 5. The van der Waals surface area contributed by atoms with Crippen LogP contribution in [0.15, 0.2) is 30.0 Å². The first-order chi connectivity index (χ1) is 12.7. The molecule has 1 saturated carbocycles. The van der Waals surface area contributed by atoms with E-state index >= 15 is 0 Å². The molecule has 0 radical (unpaired) electrons. The molecule has 0 amide bonds. The second-order valence-electron chi connectivity index (χ2n) is 8.12. The van der Waals surface area contributed by atoms with Crippen molar-refractivity contribution in [3.63, 3.8) is 0 Å². The minimum absolute atomic E-state index is 0.158. The van der Waals surface area contributed by atoms with Crippen LogP contribution >= 0.6 is 0 Å². The van der Waals surface area contributed by atoms with Crippen molar-refractivity contribution in [1.82, 2.24) is 14.9 Å². The Balaban J connectivity index is 1.33. The van der Waals surface area contributed by atoms with E-state index < -0.39 is 0 Å². The molecule has 4 unspecified atom stereocenters. The number of nitrogens with zero attached hydrogens (tertiary/aromatic N) is 3. The summed E-state index contributed by atoms with van der Waals surface area (Å²) in [4.78, 5) is 17.4. The van der Waals surface area contributed by atoms with Crippen LogP contribution in [0.3, 0.4) is 0 Å². The van der Waals surface area contributed by atoms with Gasteiger partial charge in [-0.3, -0.25) is 0 Å². The van der Waals surface area contributed by atoms with Gasteiger partial charge in [0.2, 0.25) is 5.95 Å². The molecular formula is C20H28N4O2. The Morgan fingerprint density at radius 2 is 2.31 bits per heavy atom. The van der Waals surface area contributed by atoms with Crippen molar-refractivity contribution in [3.8, 4) is 0 Å². The average Bonchev–Trinajstić information content (AvgIpc) is 3.03. The van der Waals surface area contributed by atoms with E-state index in [4.69, 9.17) is 14.8 Å². The average molecular weight is 356 g/mol. The molecule has 0 spiro atoms. The number of aryl methyl sites for hydroxylation is 1. The summed E-state index contributed by atoms with van der Waals surface area (Å²) < 4.78 is 2.26. The zero-order valence-corrected chi connectivity index (χ0v) is 15.6. The van der Waals surface area contributed by atoms with Gasteiger partial charge in [0.05, 0.1) is 18.8 Å². The van der Waals surface area contributed by atoms with Crippen molar-refractivity contribution in [2.45, 2.75) is 44.9 Å². The first-order valence-electron chi connectivity index (χ1n) is 9.84. The lowest BCUT2D eigenvalue weighted by molar-refractivity contribution is -0.304. The lowest BCUT2D eigenvalue weighted by Gasteiger charge is -2.35. The number of fused-ring (bicyclic) bond motifs is 2. The molecule has 140 valence electrons. The van der Waals surface area contributed by atoms with Crippen LogP contribution in [-0.2, 0) is 16.3 Å². The van der Waals surface area contributed by atoms with Gasteiger partial charge >= 0.3 is 0 Å². The van der Waals surface area contributed by atoms with Crippen LogP contribution in [0.25, 0.3) is 0 Å². The second-order valence-corrected chi connectivity index (χ2v) is 8.12. The van der Waals surface area contributed by atoms with Crippen LogP contribution in [0.2, 0.25) is 0 Å². The monoisotopic (exact) mass is 356 g/mol. The van der Waals surface area contributed by atoms with E-state index in [1.165, 1.54) is 13.0 Å². The molecule has 2 aliphatic carbocycles. The van der Waals surface area contributed by atoms with Crippen LogP contribution < -0.4 is 10.2 Å². The lowest BCUT2D eigenvalue weighted by atomic mass is 9.88. The maximum absolute atomic E-state index is 5.25. The molecule has 4 atom stereocenters. The van der Waals surface area contributed by atoms with Crippen LogP contribution in [0.4, 0.5) is 5.95 Å². The van der Waals surface area contributed by atoms with Crippen LogP contribution in [0, 0.1) is 11.3 Å². The van der Waals surface area contributed by atoms with Gasteiger partial charge in [0.25, 0.3) is 0 Å². The fourth-order valence-corrected chi connectivity index (χ4v) is 5.03. The Hall–Kier alpha value is -1.63. The highest BCUT2D eigenvalue weighted by Gasteiger charge is 2.58. The fraction of sp³-hybridized carbons (Fsp3) is 0.650. The van der Waals surface area contributed by atoms with Crippen molar-refractivity contribution in [2.24, 2.45) is 11.3 Å². The van der Waals surface area contributed by atoms with Gasteiger partial charge < -0.3 is 14.8 Å². The van der Waals surface area contributed by atoms with Crippen LogP contribution in [0.5, 0.6) is 0 Å². The number of aromatic nitrogens is 2. The summed E-state index contributed by atoms with van der Waals surface area (Å²) in [7, 11) is 1.54. The highest BCUT2D eigenvalue weighted by Crippen LogP contribution is 2.60. The van der Waals surface area contributed by atoms with Gasteiger partial charge in [0.15, 0.2) is 0 Å². The Kier molecular flexibility index (Phi) is 3.95. The van der Waals surface area contributed by atoms with E-state index in [1.807, 2.05) is 6.92 Å². The maximum Gasteiger partial charge on any atom is 0.206 e. The van der Waals surface area contributed by atoms with Crippen molar-refractivity contribution in [3.05, 3.63) is 35.7 Å². The first kappa shape index (κ1) is 16.5. The molecule has 1 saturated heterocycles. The highest BCUT2D eigenvalue weighted by atomic mass is 17.2. The molecule has 1 N–H and O–H groups in total. The standard InChI is InChI=1S/C20H28N4O2/c1-14(26-25-2)18-12-23-8-3-9-24(19(23)22-18)17-6-4-15(5-7-17)20-10-16(20)11-21-13-20/h4-6,12,14,16-17,21H,3,7-11,13H2,1-2H3. The van der Waals surface area contributed by atoms with Crippen molar-refractivity contribution < 1.29 is 9.78 Å². The van der Waals surface area contributed by atoms with E-state index in [9.17, 15) is 0 Å². The molecule has 2 fully saturated rings. The van der Waals surface area contributed by atoms with E-state index in [1.54, 1.807) is 12.7 Å². The van der Waals surface area contributed by atoms with E-state index in [2.05, 4.69) is 39.2 Å². The molecule has 6 heteroatoms. The lowest BCUT2D eigenvalue weighted by Crippen LogP contribution is -2.40. The normalized spacial score (nSPS) is 33.6. The third-order valence-corrected chi connectivity index (χ3v) is 6.60. The minimum atomic E-state index is -0.158. The van der Waals surface area contributed by atoms with Crippen molar-refractivity contribution >= 4 is 5.95 Å². The first-order valence-corrected chi connectivity index (χ1v) is 9.84. The number of nitrogens with one attached hydrogen (secondary N) is 1. The molecule has 1 aromatic rings. The summed E-state index contributed by atoms with van der Waals surface area (Å²) in [6.07, 6.45) is 12.8. The summed E-state index contributed by atoms with van der Waals surface area (Å²) in [5.41, 5.74) is 2.95. The van der Waals surface area contributed by atoms with Gasteiger partial charge in [-0.25, -0.2) is 14.8 Å². The number of piperidine rings is 1. The van der Waals surface area contributed by atoms with Gasteiger partial charge in [-0.2, -0.15) is 0 Å². The Morgan fingerprint density at radius 1 is 1.38 bits per heavy atom. The van der Waals surface area contributed by atoms with Crippen molar-refractivity contribution in [2.75, 3.05) is 31.6 Å². The van der Waals surface area contributed by atoms with Crippen LogP contribution in [0.1, 0.15) is 38.0 Å². The fourth-order valence-electron chi connectivity index (χ4n) is 5.03. The maximum atomic E-state index is 5.25. The molecule has 0 bridgehead atoms. The Morgan fingerprint density at radius 3 is 3.00 bits per heavy atom. The van der Waals surface area contributed by atoms with E-state index in [-0.39, 0.29) is 6.10 Å². The minimum Gasteiger partial charge on any atom is -0.335 e. The van der Waals surface area contributed by atoms with Gasteiger partial charge in [-0.05, 0) is 44.2 Å². The van der Waals surface area contributed by atoms with Gasteiger partial charge in [0, 0.05) is 31.2 Å². The third-order valence-electron chi connectivity index (χ3n) is 6.60. The topological polar surface area (TPSA) is 51.6 Å². The number of hydrogen-bond donors (Lipinski definition) is 1. The number of rotatable bonds is 5. The molecule has 5 rings (SSSR count). The SMILES string of the molecule is COOC(C)c1cn2c(n1)N(C1C=CC(C34CNCC3C4)=CC1)CCC2. The summed E-state index contributed by atoms with van der Waals surface area (Å²) in [5.74, 6) is 1.93. The molecular weight excluding hydrogens is 328 g/mol. The van der Waals surface area contributed by atoms with Gasteiger partial charge in [-0.1, -0.05) is 18.2 Å². The predicted molar refractivity (Wildman–Crippen MR) is 99.7 cm³/mol. The Labute approximate surface area is 154 Å². The number of allylic oxidation sites excluding steroid dienone is 1. The molecule has 3 heterocycles. The zero-order chi connectivity index (χ0) is 17.7. The summed E-state index contributed by atoms with van der Waals surface area (Å²) >= 11 is 0. The van der Waals surface area contributed by atoms with Gasteiger partial charge in [-0.15, -0.1) is 0 Å². The third kappa shape index (κ3) is 2.54. The number of anilines is 1. The van der Waals surface area contributed by atoms with E-state index in [0.29, 0.717) is 11.5 Å². The molecule has 0 aromatic carbocycles. The molecule has 2 aliphatic heterocycles. The highest BCUT2D eigenvalue weighted by molar-refractivity contribution is 5.45. The largest absolute Gasteiger partial charge is 0.335 e. The second kappa shape index (κ2) is 6.22. The quantitative estimate of drug-likeness (QED) is 0.649. The summed E-state index contributed by atoms with van der Waals surface area (Å²) in [6.45, 7) is 6.41. The number of imidazole rings is 1. The molecule has 4 aliphatic rings. The molecule has 6 nitrogen and oxygen atoms in total. The van der Waals surface area contributed by atoms with Gasteiger partial charge in [0.1, 0.15) is 6.10 Å². The van der Waals surface area contributed by atoms with Crippen molar-refractivity contribution in [1.29, 1.82) is 0 Å². The summed E-state index contributed by atoms with van der Waals surface area (Å²) in [6, 6.07) is 0.398. The molecule has 1 aromatic heterocycles. The smallest absolute Gasteiger partial charge is 0.206 e. The predicted octanol–water partition coefficient (Wildman–Crippen LogP) is 2.60. The van der Waals surface area contributed by atoms with E-state index in [0.717, 1.165) is 50.0 Å². The Bertz CT molecular complexity index is 755. The van der Waals surface area contributed by atoms with Crippen LogP contribution in [-0.4, -0.2) is 42.3 Å². The molecule has 26 heavy (non-hydrogen) atoms.